The van der Waals surface area contributed by atoms with Crippen LogP contribution in [0.25, 0.3) is 10.9 Å². The van der Waals surface area contributed by atoms with Gasteiger partial charge in [-0.3, -0.25) is 67.2 Å². The molecule has 502 valence electrons. The third-order valence-corrected chi connectivity index (χ3v) is 17.7. The lowest BCUT2D eigenvalue weighted by Crippen LogP contribution is -2.61. The Morgan fingerprint density at radius 2 is 1.44 bits per heavy atom. The predicted molar refractivity (Wildman–Crippen MR) is 337 cm³/mol. The summed E-state index contributed by atoms with van der Waals surface area (Å²) < 4.78 is 0. The van der Waals surface area contributed by atoms with E-state index in [-0.39, 0.29) is 55.5 Å². The van der Waals surface area contributed by atoms with Crippen molar-refractivity contribution in [2.75, 3.05) is 43.9 Å². The standard InChI is InChI=1S/C62H82N14O16S/c1-8-31(4)52-58(89)65-26-48(82)69-43-29-93-61-39(38-11-9-10-12-40(38)72-61)22-41(55(86)64-24-32(5)66-52)70-60(91)53(33(6)45(79)28-77)74-57(88)44-21-37(78)27-76(44)62(92)42(71-56(43)87)23-47(81)63-25-35-13-15-36(16-14-35)68-54(85)34(7)67-59(90)51(30(2)3)73-46(80)19-20-75-49(83)17-18-50(75)84/h9-18,30-31,33-34,37,41-45,51-53,66,72,77-79H,5,8,19-29H2,1-4,6-7H3,(H,63,81)(H,64,86)(H,65,89)(H,67,90)(H,68,85)(H,69,82)(H,70,91)(H,71,87)(H,73,80)(H,74,88)/t31-,33-,34-,37+,41-,42?,43?,44-,45-,51?,52-,53-/m0/s1. The molecule has 30 nitrogen and oxygen atoms in total. The Balaban J connectivity index is 1.14. The zero-order valence-electron chi connectivity index (χ0n) is 52.4. The van der Waals surface area contributed by atoms with E-state index in [2.05, 4.69) is 70.0 Å². The van der Waals surface area contributed by atoms with Crippen molar-refractivity contribution in [3.05, 3.63) is 84.1 Å². The van der Waals surface area contributed by atoms with Gasteiger partial charge >= 0.3 is 0 Å². The fraction of sp³-hybridized carbons (Fsp3) is 0.500. The van der Waals surface area contributed by atoms with Crippen molar-refractivity contribution in [3.8, 4) is 0 Å². The monoisotopic (exact) mass is 1310 g/mol. The fourth-order valence-electron chi connectivity index (χ4n) is 10.8. The number of benzene rings is 2. The topological polar surface area (TPSA) is 437 Å². The van der Waals surface area contributed by atoms with Crippen LogP contribution in [0.15, 0.2) is 78.0 Å². The summed E-state index contributed by atoms with van der Waals surface area (Å²) in [5.41, 5.74) is 1.99. The van der Waals surface area contributed by atoms with Crippen LogP contribution in [0, 0.1) is 17.8 Å². The maximum Gasteiger partial charge on any atom is 0.253 e. The smallest absolute Gasteiger partial charge is 0.253 e. The number of aromatic amines is 1. The van der Waals surface area contributed by atoms with Crippen molar-refractivity contribution in [1.82, 2.24) is 68.0 Å². The van der Waals surface area contributed by atoms with Crippen molar-refractivity contribution in [3.63, 3.8) is 0 Å². The molecule has 15 N–H and O–H groups in total. The van der Waals surface area contributed by atoms with Gasteiger partial charge in [0.1, 0.15) is 48.3 Å². The zero-order valence-corrected chi connectivity index (χ0v) is 53.2. The second kappa shape index (κ2) is 32.4. The number of amides is 13. The summed E-state index contributed by atoms with van der Waals surface area (Å²) in [6, 6.07) is 1.87. The highest BCUT2D eigenvalue weighted by molar-refractivity contribution is 7.99. The summed E-state index contributed by atoms with van der Waals surface area (Å²) in [6.07, 6.45) is -2.00. The highest BCUT2D eigenvalue weighted by Gasteiger charge is 2.45. The lowest BCUT2D eigenvalue weighted by atomic mass is 9.93. The molecule has 3 unspecified atom stereocenters. The van der Waals surface area contributed by atoms with Gasteiger partial charge in [-0.15, -0.1) is 11.8 Å². The molecule has 1 saturated heterocycles. The van der Waals surface area contributed by atoms with Crippen LogP contribution < -0.4 is 58.5 Å². The second-order valence-electron chi connectivity index (χ2n) is 23.9. The SMILES string of the molecule is C=C1CNC(=O)[C@@H]2Cc3c([nH]c4ccccc34)SCC(NC(=O)CNC(=O)[C@H]([C@@H](C)CC)N1)C(=O)NC(CC(=O)NCc1ccc(NC(=O)[C@H](C)NC(=O)C(NC(=O)CCN3C(=O)C=CC3=O)C(C)C)cc1)C(=O)N1C[C@H](O)C[C@H]1C(=O)N[C@@H]([C@@H](C)[C@@H](O)CO)C(=O)N2. The number of aromatic nitrogens is 1. The van der Waals surface area contributed by atoms with Crippen molar-refractivity contribution >= 4 is 105 Å². The van der Waals surface area contributed by atoms with E-state index in [4.69, 9.17) is 0 Å². The van der Waals surface area contributed by atoms with Gasteiger partial charge in [-0.2, -0.15) is 0 Å². The minimum absolute atomic E-state index is 0.176. The van der Waals surface area contributed by atoms with Crippen LogP contribution in [0.2, 0.25) is 0 Å². The number of imide groups is 1. The molecule has 1 aromatic heterocycles. The van der Waals surface area contributed by atoms with E-state index >= 15 is 4.79 Å². The number of rotatable bonds is 18. The molecule has 0 spiro atoms. The Hall–Kier alpha value is -9.20. The normalized spacial score (nSPS) is 23.7. The molecule has 0 aliphatic carbocycles. The lowest BCUT2D eigenvalue weighted by molar-refractivity contribution is -0.144. The summed E-state index contributed by atoms with van der Waals surface area (Å²) in [7, 11) is 0. The van der Waals surface area contributed by atoms with E-state index < -0.39 is 182 Å². The molecular formula is C62H82N14O16S. The maximum absolute atomic E-state index is 15.0. The molecule has 2 aromatic carbocycles. The molecule has 12 atom stereocenters. The van der Waals surface area contributed by atoms with Gasteiger partial charge in [-0.1, -0.05) is 78.0 Å². The van der Waals surface area contributed by atoms with Gasteiger partial charge in [-0.05, 0) is 48.1 Å². The van der Waals surface area contributed by atoms with Crippen LogP contribution in [-0.4, -0.2) is 206 Å². The number of nitrogens with zero attached hydrogens (tertiary/aromatic N) is 2. The first-order valence-corrected chi connectivity index (χ1v) is 31.6. The minimum Gasteiger partial charge on any atom is -0.394 e. The molecule has 5 heterocycles. The Kier molecular flexibility index (Phi) is 24.8. The number of H-pyrrole nitrogens is 1. The molecule has 2 bridgehead atoms. The average molecular weight is 1310 g/mol. The predicted octanol–water partition coefficient (Wildman–Crippen LogP) is -2.92. The first-order valence-electron chi connectivity index (χ1n) is 30.7. The third-order valence-electron chi connectivity index (χ3n) is 16.6. The molecule has 93 heavy (non-hydrogen) atoms. The number of aliphatic hydroxyl groups excluding tert-OH is 3. The van der Waals surface area contributed by atoms with Gasteiger partial charge in [-0.25, -0.2) is 0 Å². The molecule has 3 aromatic rings. The number of thioether (sulfide) groups is 1. The number of carbonyl (C=O) groups excluding carboxylic acids is 13. The number of hydrogen-bond donors (Lipinski definition) is 15. The van der Waals surface area contributed by atoms with Crippen molar-refractivity contribution in [2.45, 2.75) is 146 Å². The highest BCUT2D eigenvalue weighted by atomic mass is 32.2. The number of para-hydroxylation sites is 1. The Bertz CT molecular complexity index is 3380. The number of fused-ring (bicyclic) bond motifs is 5. The maximum atomic E-state index is 15.0. The van der Waals surface area contributed by atoms with E-state index in [0.29, 0.717) is 33.5 Å². The molecule has 31 heteroatoms. The molecule has 0 saturated carbocycles. The van der Waals surface area contributed by atoms with E-state index in [1.54, 1.807) is 57.2 Å². The van der Waals surface area contributed by atoms with Crippen molar-refractivity contribution in [2.24, 2.45) is 17.8 Å². The van der Waals surface area contributed by atoms with Gasteiger partial charge in [0.25, 0.3) is 11.8 Å². The van der Waals surface area contributed by atoms with Crippen LogP contribution >= 0.6 is 11.8 Å². The van der Waals surface area contributed by atoms with E-state index in [9.17, 15) is 72.9 Å². The minimum atomic E-state index is -1.82. The van der Waals surface area contributed by atoms with Crippen LogP contribution in [0.1, 0.15) is 78.4 Å². The summed E-state index contributed by atoms with van der Waals surface area (Å²) in [4.78, 5) is 184. The molecule has 13 amide bonds. The van der Waals surface area contributed by atoms with Crippen LogP contribution in [0.3, 0.4) is 0 Å². The van der Waals surface area contributed by atoms with Crippen molar-refractivity contribution < 1.29 is 77.6 Å². The first-order chi connectivity index (χ1) is 44.2. The van der Waals surface area contributed by atoms with Gasteiger partial charge in [0.15, 0.2) is 0 Å². The fourth-order valence-corrected chi connectivity index (χ4v) is 11.9. The van der Waals surface area contributed by atoms with Crippen molar-refractivity contribution in [1.29, 1.82) is 0 Å². The van der Waals surface area contributed by atoms with Gasteiger partial charge in [0.2, 0.25) is 65.0 Å². The van der Waals surface area contributed by atoms with Gasteiger partial charge in [0.05, 0.1) is 43.4 Å². The molecule has 7 rings (SSSR count). The quantitative estimate of drug-likeness (QED) is 0.0567. The number of aliphatic hydroxyl groups is 3. The highest BCUT2D eigenvalue weighted by Crippen LogP contribution is 2.32. The summed E-state index contributed by atoms with van der Waals surface area (Å²) in [5, 5.41) is 62.7. The van der Waals surface area contributed by atoms with Gasteiger partial charge < -0.3 is 83.7 Å². The van der Waals surface area contributed by atoms with Crippen LogP contribution in [0.5, 0.6) is 0 Å². The largest absolute Gasteiger partial charge is 0.394 e. The third kappa shape index (κ3) is 18.7. The van der Waals surface area contributed by atoms with E-state index in [1.165, 1.54) is 26.0 Å². The van der Waals surface area contributed by atoms with E-state index in [0.717, 1.165) is 33.7 Å². The second-order valence-corrected chi connectivity index (χ2v) is 24.9. The van der Waals surface area contributed by atoms with Crippen LogP contribution in [-0.2, 0) is 75.3 Å². The van der Waals surface area contributed by atoms with E-state index in [1.807, 2.05) is 6.92 Å². The molecule has 4 aliphatic rings. The summed E-state index contributed by atoms with van der Waals surface area (Å²) in [5.74, 6) is -12.4. The number of nitrogens with one attached hydrogen (secondary N) is 12. The number of anilines is 1. The number of carbonyl (C=O) groups is 13. The lowest BCUT2D eigenvalue weighted by Gasteiger charge is -2.33. The molecule has 0 radical (unpaired) electrons. The average Bonchev–Trinajstić information content (AvgIpc) is 1.69. The van der Waals surface area contributed by atoms with Crippen LogP contribution in [0.4, 0.5) is 5.69 Å². The molecule has 4 aliphatic heterocycles. The zero-order chi connectivity index (χ0) is 68.0. The van der Waals surface area contributed by atoms with Gasteiger partial charge in [0, 0.05) is 85.0 Å². The summed E-state index contributed by atoms with van der Waals surface area (Å²) >= 11 is 1.03. The Morgan fingerprint density at radius 3 is 2.12 bits per heavy atom. The number of hydrogen-bond acceptors (Lipinski definition) is 18. The Labute approximate surface area is 540 Å². The Morgan fingerprint density at radius 1 is 0.753 bits per heavy atom. The molecule has 1 fully saturated rings. The molecular weight excluding hydrogens is 1230 g/mol. The summed E-state index contributed by atoms with van der Waals surface area (Å²) in [6.45, 7) is 11.2. The first kappa shape index (κ1) is 71.2.